The summed E-state index contributed by atoms with van der Waals surface area (Å²) in [5.41, 5.74) is 0. The zero-order chi connectivity index (χ0) is 7.84. The number of imide groups is 1. The molecule has 0 aromatic heterocycles. The third kappa shape index (κ3) is 1.00. The molecule has 0 fully saturated rings. The molecule has 0 bridgehead atoms. The molecule has 0 atom stereocenters. The second-order valence-electron chi connectivity index (χ2n) is 1.89. The van der Waals surface area contributed by atoms with Crippen molar-refractivity contribution < 1.29 is 9.59 Å². The van der Waals surface area contributed by atoms with Gasteiger partial charge >= 0.3 is 0 Å². The monoisotopic (exact) mass is 184 g/mol. The Kier molecular flexibility index (Phi) is 1.54. The van der Waals surface area contributed by atoms with Gasteiger partial charge in [0.1, 0.15) is 0 Å². The Morgan fingerprint density at radius 3 is 1.91 bits per heavy atom. The first-order valence-corrected chi connectivity index (χ1v) is 4.58. The van der Waals surface area contributed by atoms with Crippen LogP contribution in [-0.2, 0) is 9.59 Å². The molecule has 0 N–H and O–H groups in total. The van der Waals surface area contributed by atoms with Crippen LogP contribution in [0.15, 0.2) is 20.6 Å². The molecular formula is C6H2NO2S2. The smallest absolute Gasteiger partial charge is 0.266 e. The van der Waals surface area contributed by atoms with Crippen LogP contribution in [0.4, 0.5) is 0 Å². The molecule has 5 heteroatoms. The molecule has 0 saturated heterocycles. The van der Waals surface area contributed by atoms with Gasteiger partial charge in [-0.1, -0.05) is 23.5 Å². The molecule has 2 heterocycles. The fourth-order valence-corrected chi connectivity index (χ4v) is 2.47. The predicted octanol–water partition coefficient (Wildman–Crippen LogP) is 0.820. The maximum Gasteiger partial charge on any atom is 0.288 e. The molecule has 11 heavy (non-hydrogen) atoms. The SMILES string of the molecule is O=C1[N]C(=O)C2=C1SC=CS2. The second-order valence-corrected chi connectivity index (χ2v) is 3.72. The van der Waals surface area contributed by atoms with Crippen molar-refractivity contribution in [2.45, 2.75) is 0 Å². The van der Waals surface area contributed by atoms with Gasteiger partial charge in [0.25, 0.3) is 11.8 Å². The molecule has 2 aliphatic rings. The van der Waals surface area contributed by atoms with Gasteiger partial charge in [-0.2, -0.15) is 5.32 Å². The number of hydrogen-bond acceptors (Lipinski definition) is 4. The highest BCUT2D eigenvalue weighted by atomic mass is 32.2. The molecule has 0 spiro atoms. The van der Waals surface area contributed by atoms with Gasteiger partial charge in [0, 0.05) is 0 Å². The minimum Gasteiger partial charge on any atom is -0.266 e. The standard InChI is InChI=1S/C6H2NO2S2/c8-5-3-4(6(9)7-5)11-2-1-10-3/h1-2H. The summed E-state index contributed by atoms with van der Waals surface area (Å²) >= 11 is 2.52. The number of carbonyl (C=O) groups is 2. The zero-order valence-corrected chi connectivity index (χ0v) is 6.87. The van der Waals surface area contributed by atoms with Gasteiger partial charge in [-0.05, 0) is 10.8 Å². The van der Waals surface area contributed by atoms with Crippen molar-refractivity contribution in [3.8, 4) is 0 Å². The Balaban J connectivity index is 2.42. The van der Waals surface area contributed by atoms with Crippen molar-refractivity contribution in [2.24, 2.45) is 0 Å². The fourth-order valence-electron chi connectivity index (χ4n) is 0.788. The lowest BCUT2D eigenvalue weighted by Crippen LogP contribution is -2.13. The highest BCUT2D eigenvalue weighted by Crippen LogP contribution is 2.38. The number of hydrogen-bond donors (Lipinski definition) is 0. The summed E-state index contributed by atoms with van der Waals surface area (Å²) in [4.78, 5) is 22.8. The fraction of sp³-hybridized carbons (Fsp3) is 0. The summed E-state index contributed by atoms with van der Waals surface area (Å²) in [6.07, 6.45) is 0. The van der Waals surface area contributed by atoms with Crippen LogP contribution in [0.2, 0.25) is 0 Å². The molecule has 1 radical (unpaired) electrons. The third-order valence-corrected chi connectivity index (χ3v) is 3.30. The van der Waals surface area contributed by atoms with Crippen molar-refractivity contribution in [3.05, 3.63) is 20.6 Å². The highest BCUT2D eigenvalue weighted by molar-refractivity contribution is 8.13. The van der Waals surface area contributed by atoms with Gasteiger partial charge in [0.05, 0.1) is 9.81 Å². The Labute approximate surface area is 71.3 Å². The van der Waals surface area contributed by atoms with Crippen LogP contribution in [-0.4, -0.2) is 11.8 Å². The molecule has 2 aliphatic heterocycles. The molecule has 3 nitrogen and oxygen atoms in total. The average Bonchev–Trinajstić information content (AvgIpc) is 2.30. The van der Waals surface area contributed by atoms with E-state index in [1.807, 2.05) is 0 Å². The van der Waals surface area contributed by atoms with Crippen LogP contribution in [0.5, 0.6) is 0 Å². The number of thioether (sulfide) groups is 2. The van der Waals surface area contributed by atoms with E-state index in [1.54, 1.807) is 10.8 Å². The maximum atomic E-state index is 10.9. The second kappa shape index (κ2) is 2.42. The molecule has 0 aromatic carbocycles. The minimum absolute atomic E-state index is 0.396. The molecule has 0 unspecified atom stereocenters. The van der Waals surface area contributed by atoms with Crippen molar-refractivity contribution in [3.63, 3.8) is 0 Å². The van der Waals surface area contributed by atoms with E-state index >= 15 is 0 Å². The van der Waals surface area contributed by atoms with Gasteiger partial charge < -0.3 is 0 Å². The summed E-state index contributed by atoms with van der Waals surface area (Å²) < 4.78 is 0. The molecule has 2 rings (SSSR count). The van der Waals surface area contributed by atoms with Crippen LogP contribution in [0.3, 0.4) is 0 Å². The molecule has 0 aromatic rings. The van der Waals surface area contributed by atoms with E-state index in [4.69, 9.17) is 0 Å². The van der Waals surface area contributed by atoms with Gasteiger partial charge in [-0.3, -0.25) is 9.59 Å². The summed E-state index contributed by atoms with van der Waals surface area (Å²) in [6, 6.07) is 0. The predicted molar refractivity (Wildman–Crippen MR) is 43.5 cm³/mol. The summed E-state index contributed by atoms with van der Waals surface area (Å²) in [5, 5.41) is 6.85. The van der Waals surface area contributed by atoms with E-state index in [9.17, 15) is 9.59 Å². The number of amides is 2. The van der Waals surface area contributed by atoms with Crippen LogP contribution in [0.25, 0.3) is 0 Å². The minimum atomic E-state index is -0.396. The Hall–Kier alpha value is -0.680. The molecule has 55 valence electrons. The van der Waals surface area contributed by atoms with E-state index in [0.29, 0.717) is 9.81 Å². The summed E-state index contributed by atoms with van der Waals surface area (Å²) in [5.74, 6) is -0.793. The Morgan fingerprint density at radius 2 is 1.45 bits per heavy atom. The van der Waals surface area contributed by atoms with Gasteiger partial charge in [0.2, 0.25) is 0 Å². The van der Waals surface area contributed by atoms with Crippen molar-refractivity contribution >= 4 is 35.3 Å². The maximum absolute atomic E-state index is 10.9. The largest absolute Gasteiger partial charge is 0.288 e. The first kappa shape index (κ1) is 7.00. The first-order chi connectivity index (χ1) is 5.29. The van der Waals surface area contributed by atoms with Gasteiger partial charge in [-0.25, -0.2) is 0 Å². The zero-order valence-electron chi connectivity index (χ0n) is 5.23. The number of carbonyl (C=O) groups excluding carboxylic acids is 2. The Bertz CT molecular complexity index is 278. The van der Waals surface area contributed by atoms with Crippen LogP contribution >= 0.6 is 23.5 Å². The Morgan fingerprint density at radius 1 is 1.00 bits per heavy atom. The first-order valence-electron chi connectivity index (χ1n) is 2.82. The quantitative estimate of drug-likeness (QED) is 0.523. The van der Waals surface area contributed by atoms with Crippen molar-refractivity contribution in [1.82, 2.24) is 5.32 Å². The normalized spacial score (nSPS) is 22.2. The van der Waals surface area contributed by atoms with E-state index in [0.717, 1.165) is 0 Å². The lowest BCUT2D eigenvalue weighted by atomic mass is 10.5. The highest BCUT2D eigenvalue weighted by Gasteiger charge is 2.33. The summed E-state index contributed by atoms with van der Waals surface area (Å²) in [6.45, 7) is 0. The van der Waals surface area contributed by atoms with E-state index in [2.05, 4.69) is 5.32 Å². The van der Waals surface area contributed by atoms with E-state index in [-0.39, 0.29) is 0 Å². The van der Waals surface area contributed by atoms with Crippen LogP contribution in [0, 0.1) is 0 Å². The topological polar surface area (TPSA) is 48.2 Å². The van der Waals surface area contributed by atoms with Gasteiger partial charge in [0.15, 0.2) is 0 Å². The lowest BCUT2D eigenvalue weighted by molar-refractivity contribution is -0.124. The van der Waals surface area contributed by atoms with Gasteiger partial charge in [-0.15, -0.1) is 0 Å². The molecule has 0 aliphatic carbocycles. The van der Waals surface area contributed by atoms with Crippen LogP contribution in [0.1, 0.15) is 0 Å². The number of rotatable bonds is 0. The number of nitrogens with zero attached hydrogens (tertiary/aromatic N) is 1. The summed E-state index contributed by atoms with van der Waals surface area (Å²) in [7, 11) is 0. The average molecular weight is 184 g/mol. The molecule has 0 saturated carbocycles. The van der Waals surface area contributed by atoms with E-state index < -0.39 is 11.8 Å². The lowest BCUT2D eigenvalue weighted by Gasteiger charge is -2.00. The molecular weight excluding hydrogens is 182 g/mol. The van der Waals surface area contributed by atoms with Crippen LogP contribution < -0.4 is 5.32 Å². The van der Waals surface area contributed by atoms with E-state index in [1.165, 1.54) is 23.5 Å². The van der Waals surface area contributed by atoms with Crippen molar-refractivity contribution in [2.75, 3.05) is 0 Å². The third-order valence-electron chi connectivity index (χ3n) is 1.23. The van der Waals surface area contributed by atoms with Crippen molar-refractivity contribution in [1.29, 1.82) is 0 Å². The molecule has 2 amide bonds.